The summed E-state index contributed by atoms with van der Waals surface area (Å²) in [4.78, 5) is 12.8. The predicted molar refractivity (Wildman–Crippen MR) is 38.2 cm³/mol. The van der Waals surface area contributed by atoms with Crippen LogP contribution in [-0.2, 0) is 4.79 Å². The van der Waals surface area contributed by atoms with E-state index in [4.69, 9.17) is 0 Å². The molecular weight excluding hydrogens is 126 g/mol. The molecule has 0 aromatic carbocycles. The van der Waals surface area contributed by atoms with Gasteiger partial charge in [-0.2, -0.15) is 0 Å². The van der Waals surface area contributed by atoms with Gasteiger partial charge in [0, 0.05) is 18.3 Å². The number of carbonyl (C=O) groups is 1. The van der Waals surface area contributed by atoms with Crippen LogP contribution in [0.2, 0.25) is 0 Å². The first kappa shape index (κ1) is 5.71. The van der Waals surface area contributed by atoms with Crippen molar-refractivity contribution < 1.29 is 4.79 Å². The molecule has 2 nitrogen and oxygen atoms in total. The number of nitrogens with zero attached hydrogens (tertiary/aromatic N) is 1. The van der Waals surface area contributed by atoms with Gasteiger partial charge in [-0.3, -0.25) is 4.79 Å². The summed E-state index contributed by atoms with van der Waals surface area (Å²) in [5, 5.41) is 0. The largest absolute Gasteiger partial charge is 0.309 e. The minimum atomic E-state index is 0.144. The molecule has 52 valence electrons. The smallest absolute Gasteiger partial charge is 0.251 e. The Balaban J connectivity index is 2.32. The van der Waals surface area contributed by atoms with Gasteiger partial charge >= 0.3 is 0 Å². The monoisotopic (exact) mass is 135 g/mol. The molecule has 1 amide bonds. The van der Waals surface area contributed by atoms with E-state index < -0.39 is 0 Å². The number of fused-ring (bicyclic) bond motifs is 1. The molecule has 0 unspecified atom stereocenters. The van der Waals surface area contributed by atoms with Gasteiger partial charge in [-0.05, 0) is 18.9 Å². The maximum absolute atomic E-state index is 11.0. The molecule has 2 aliphatic heterocycles. The third-order valence-corrected chi connectivity index (χ3v) is 1.91. The topological polar surface area (TPSA) is 20.3 Å². The lowest BCUT2D eigenvalue weighted by Crippen LogP contribution is -2.27. The number of hydrogen-bond acceptors (Lipinski definition) is 1. The highest BCUT2D eigenvalue weighted by atomic mass is 16.2. The lowest BCUT2D eigenvalue weighted by molar-refractivity contribution is -0.123. The minimum absolute atomic E-state index is 0.144. The van der Waals surface area contributed by atoms with Crippen LogP contribution >= 0.6 is 0 Å². The number of carbonyl (C=O) groups excluding carboxylic acids is 1. The van der Waals surface area contributed by atoms with Crippen molar-refractivity contribution in [2.75, 3.05) is 6.54 Å². The minimum Gasteiger partial charge on any atom is -0.309 e. The zero-order chi connectivity index (χ0) is 6.97. The Morgan fingerprint density at radius 3 is 3.10 bits per heavy atom. The van der Waals surface area contributed by atoms with E-state index in [0.717, 1.165) is 25.1 Å². The maximum Gasteiger partial charge on any atom is 0.251 e. The Kier molecular flexibility index (Phi) is 1.13. The van der Waals surface area contributed by atoms with E-state index in [2.05, 4.69) is 6.08 Å². The molecule has 0 aromatic rings. The number of allylic oxidation sites excluding steroid dienone is 2. The van der Waals surface area contributed by atoms with Crippen LogP contribution in [0.1, 0.15) is 12.8 Å². The van der Waals surface area contributed by atoms with Crippen molar-refractivity contribution in [1.29, 1.82) is 0 Å². The molecule has 0 saturated carbocycles. The van der Waals surface area contributed by atoms with E-state index in [1.807, 2.05) is 11.0 Å². The van der Waals surface area contributed by atoms with Crippen LogP contribution < -0.4 is 0 Å². The normalized spacial score (nSPS) is 23.0. The predicted octanol–water partition coefficient (Wildman–Crippen LogP) is 1.06. The van der Waals surface area contributed by atoms with Gasteiger partial charge in [0.25, 0.3) is 5.91 Å². The second kappa shape index (κ2) is 1.97. The summed E-state index contributed by atoms with van der Waals surface area (Å²) in [5.41, 5.74) is 1.09. The first-order chi connectivity index (χ1) is 4.88. The molecule has 2 rings (SSSR count). The van der Waals surface area contributed by atoms with Crippen LogP contribution in [0, 0.1) is 0 Å². The quantitative estimate of drug-likeness (QED) is 0.486. The summed E-state index contributed by atoms with van der Waals surface area (Å²) >= 11 is 0. The second-order valence-corrected chi connectivity index (χ2v) is 2.59. The fourth-order valence-electron chi connectivity index (χ4n) is 1.38. The van der Waals surface area contributed by atoms with Gasteiger partial charge in [0.15, 0.2) is 0 Å². The second-order valence-electron chi connectivity index (χ2n) is 2.59. The summed E-state index contributed by atoms with van der Waals surface area (Å²) in [6.45, 7) is 0.900. The highest BCUT2D eigenvalue weighted by molar-refractivity contribution is 5.93. The van der Waals surface area contributed by atoms with Crippen LogP contribution in [-0.4, -0.2) is 17.4 Å². The molecule has 0 N–H and O–H groups in total. The van der Waals surface area contributed by atoms with E-state index >= 15 is 0 Å². The Bertz CT molecular complexity index is 227. The Labute approximate surface area is 59.8 Å². The molecule has 0 atom stereocenters. The number of amides is 1. The summed E-state index contributed by atoms with van der Waals surface area (Å²) in [6.07, 6.45) is 7.86. The molecule has 0 saturated heterocycles. The Morgan fingerprint density at radius 1 is 1.40 bits per heavy atom. The molecule has 0 bridgehead atoms. The van der Waals surface area contributed by atoms with Crippen molar-refractivity contribution in [2.45, 2.75) is 12.8 Å². The summed E-state index contributed by atoms with van der Waals surface area (Å²) in [6, 6.07) is 0. The molecule has 0 radical (unpaired) electrons. The standard InChI is InChI=1S/C8H9NO/c10-8-5-4-7-3-1-2-6-9(7)8/h3-5H,1-2,6H2. The van der Waals surface area contributed by atoms with Gasteiger partial charge in [0.1, 0.15) is 0 Å². The lowest BCUT2D eigenvalue weighted by atomic mass is 10.2. The Hall–Kier alpha value is -1.05. The van der Waals surface area contributed by atoms with Crippen molar-refractivity contribution >= 4 is 5.91 Å². The number of rotatable bonds is 0. The summed E-state index contributed by atoms with van der Waals surface area (Å²) in [5.74, 6) is 0.144. The molecule has 0 aromatic heterocycles. The number of hydrogen-bond donors (Lipinski definition) is 0. The highest BCUT2D eigenvalue weighted by Gasteiger charge is 2.21. The van der Waals surface area contributed by atoms with E-state index in [0.29, 0.717) is 0 Å². The molecule has 0 spiro atoms. The van der Waals surface area contributed by atoms with Crippen molar-refractivity contribution in [3.05, 3.63) is 23.9 Å². The van der Waals surface area contributed by atoms with Gasteiger partial charge in [-0.25, -0.2) is 0 Å². The van der Waals surface area contributed by atoms with Gasteiger partial charge in [0.05, 0.1) is 0 Å². The zero-order valence-electron chi connectivity index (χ0n) is 5.71. The first-order valence-corrected chi connectivity index (χ1v) is 3.58. The van der Waals surface area contributed by atoms with Crippen LogP contribution in [0.15, 0.2) is 23.9 Å². The zero-order valence-corrected chi connectivity index (χ0v) is 5.71. The molecule has 2 aliphatic rings. The van der Waals surface area contributed by atoms with E-state index in [-0.39, 0.29) is 5.91 Å². The summed E-state index contributed by atoms with van der Waals surface area (Å²) < 4.78 is 0. The van der Waals surface area contributed by atoms with Crippen molar-refractivity contribution in [1.82, 2.24) is 4.90 Å². The van der Waals surface area contributed by atoms with Crippen LogP contribution in [0.25, 0.3) is 0 Å². The van der Waals surface area contributed by atoms with Crippen molar-refractivity contribution in [3.8, 4) is 0 Å². The third-order valence-electron chi connectivity index (χ3n) is 1.91. The van der Waals surface area contributed by atoms with Crippen molar-refractivity contribution in [2.24, 2.45) is 0 Å². The third kappa shape index (κ3) is 0.685. The maximum atomic E-state index is 11.0. The van der Waals surface area contributed by atoms with E-state index in [1.165, 1.54) is 0 Å². The van der Waals surface area contributed by atoms with E-state index in [9.17, 15) is 4.79 Å². The van der Waals surface area contributed by atoms with Crippen molar-refractivity contribution in [3.63, 3.8) is 0 Å². The SMILES string of the molecule is O=C1C=CC2=CCCCN12. The average Bonchev–Trinajstić information content (AvgIpc) is 2.34. The van der Waals surface area contributed by atoms with Gasteiger partial charge < -0.3 is 4.90 Å². The molecular formula is C8H9NO. The summed E-state index contributed by atoms with van der Waals surface area (Å²) in [7, 11) is 0. The van der Waals surface area contributed by atoms with Gasteiger partial charge in [0.2, 0.25) is 0 Å². The molecule has 2 heteroatoms. The fraction of sp³-hybridized carbons (Fsp3) is 0.375. The average molecular weight is 135 g/mol. The molecule has 10 heavy (non-hydrogen) atoms. The van der Waals surface area contributed by atoms with Gasteiger partial charge in [-0.1, -0.05) is 6.08 Å². The molecule has 2 heterocycles. The Morgan fingerprint density at radius 2 is 2.30 bits per heavy atom. The van der Waals surface area contributed by atoms with Gasteiger partial charge in [-0.15, -0.1) is 0 Å². The van der Waals surface area contributed by atoms with E-state index in [1.54, 1.807) is 6.08 Å². The lowest BCUT2D eigenvalue weighted by Gasteiger charge is -2.21. The van der Waals surface area contributed by atoms with Crippen LogP contribution in [0.3, 0.4) is 0 Å². The highest BCUT2D eigenvalue weighted by Crippen LogP contribution is 2.20. The first-order valence-electron chi connectivity index (χ1n) is 3.58. The van der Waals surface area contributed by atoms with Crippen LogP contribution in [0.5, 0.6) is 0 Å². The van der Waals surface area contributed by atoms with Crippen LogP contribution in [0.4, 0.5) is 0 Å². The fourth-order valence-corrected chi connectivity index (χ4v) is 1.38. The molecule has 0 fully saturated rings. The molecule has 0 aliphatic carbocycles.